The summed E-state index contributed by atoms with van der Waals surface area (Å²) in [6.45, 7) is 0. The van der Waals surface area contributed by atoms with E-state index in [2.05, 4.69) is 47.4 Å². The molecule has 0 N–H and O–H groups in total. The van der Waals surface area contributed by atoms with Gasteiger partial charge in [0.2, 0.25) is 0 Å². The number of hydrogen-bond donors (Lipinski definition) is 0. The minimum Gasteiger partial charge on any atom is -0.270 e. The van der Waals surface area contributed by atoms with Crippen molar-refractivity contribution in [3.8, 4) is 47.4 Å². The Labute approximate surface area is 231 Å². The van der Waals surface area contributed by atoms with Crippen LogP contribution in [-0.4, -0.2) is 11.6 Å². The van der Waals surface area contributed by atoms with E-state index < -0.39 is 0 Å². The summed E-state index contributed by atoms with van der Waals surface area (Å²) < 4.78 is 0. The second-order valence-electron chi connectivity index (χ2n) is 7.12. The number of Topliss-reactive ketones (excluding diaryl/α,β-unsaturated/α-hetero) is 2. The zero-order chi connectivity index (χ0) is 25.3. The second kappa shape index (κ2) is 16.7. The molecule has 0 aliphatic rings. The van der Waals surface area contributed by atoms with Gasteiger partial charge in [-0.05, 0) is 72.2 Å². The fourth-order valence-corrected chi connectivity index (χ4v) is 2.66. The van der Waals surface area contributed by atoms with Crippen molar-refractivity contribution < 1.29 is 30.0 Å². The number of carbonyl (C=O) groups excluding carboxylic acids is 2. The van der Waals surface area contributed by atoms with Crippen LogP contribution >= 0.6 is 0 Å². The fourth-order valence-electron chi connectivity index (χ4n) is 2.66. The molecule has 3 heteroatoms. The molecule has 37 heavy (non-hydrogen) atoms. The average Bonchev–Trinajstić information content (AvgIpc) is 2.95. The summed E-state index contributed by atoms with van der Waals surface area (Å²) in [5.74, 6) is 20.4. The molecule has 4 aromatic rings. The zero-order valence-corrected chi connectivity index (χ0v) is 21.2. The van der Waals surface area contributed by atoms with Crippen LogP contribution in [0.4, 0.5) is 0 Å². The van der Waals surface area contributed by atoms with Crippen LogP contribution in [0.5, 0.6) is 0 Å². The van der Waals surface area contributed by atoms with Crippen LogP contribution in [0.1, 0.15) is 22.3 Å². The molecule has 0 saturated heterocycles. The Bertz CT molecular complexity index is 1300. The Hall–Kier alpha value is -4.88. The summed E-state index contributed by atoms with van der Waals surface area (Å²) in [7, 11) is 0. The molecule has 0 bridgehead atoms. The third-order valence-corrected chi connectivity index (χ3v) is 4.38. The van der Waals surface area contributed by atoms with E-state index in [0.29, 0.717) is 0 Å². The summed E-state index contributed by atoms with van der Waals surface area (Å²) >= 11 is 0. The summed E-state index contributed by atoms with van der Waals surface area (Å²) in [6.07, 6.45) is 0. The van der Waals surface area contributed by atoms with Gasteiger partial charge in [0, 0.05) is 42.7 Å². The molecule has 2 nitrogen and oxygen atoms in total. The molecule has 4 rings (SSSR count). The van der Waals surface area contributed by atoms with E-state index >= 15 is 0 Å². The van der Waals surface area contributed by atoms with E-state index in [4.69, 9.17) is 0 Å². The molecule has 0 atom stereocenters. The smallest absolute Gasteiger partial charge is 0.270 e. The van der Waals surface area contributed by atoms with Gasteiger partial charge < -0.3 is 0 Å². The molecule has 0 heterocycles. The summed E-state index contributed by atoms with van der Waals surface area (Å²) in [5, 5.41) is 0. The normalized spacial score (nSPS) is 8.22. The standard InChI is InChI=1S/2C17H10O.Pd/c2*18-17(13-11-15-7-3-1-4-8-15)14-12-16-9-5-2-6-10-16;/h2*1-10H;. The minimum atomic E-state index is -0.372. The molecule has 0 unspecified atom stereocenters. The molecule has 0 fully saturated rings. The van der Waals surface area contributed by atoms with Crippen LogP contribution in [0, 0.1) is 47.4 Å². The molecule has 0 saturated carbocycles. The quantitative estimate of drug-likeness (QED) is 0.213. The number of benzene rings is 4. The Morgan fingerprint density at radius 1 is 0.351 bits per heavy atom. The molecule has 0 aliphatic heterocycles. The van der Waals surface area contributed by atoms with Crippen molar-refractivity contribution in [2.24, 2.45) is 0 Å². The zero-order valence-electron chi connectivity index (χ0n) is 19.7. The van der Waals surface area contributed by atoms with Gasteiger partial charge in [-0.25, -0.2) is 0 Å². The maximum atomic E-state index is 11.4. The van der Waals surface area contributed by atoms with E-state index in [1.54, 1.807) is 0 Å². The van der Waals surface area contributed by atoms with Crippen molar-refractivity contribution in [3.05, 3.63) is 144 Å². The van der Waals surface area contributed by atoms with E-state index in [9.17, 15) is 9.59 Å². The fraction of sp³-hybridized carbons (Fsp3) is 0. The number of rotatable bonds is 0. The molecule has 0 amide bonds. The van der Waals surface area contributed by atoms with Gasteiger partial charge in [0.15, 0.2) is 0 Å². The van der Waals surface area contributed by atoms with Crippen molar-refractivity contribution in [2.45, 2.75) is 0 Å². The first kappa shape index (κ1) is 28.4. The van der Waals surface area contributed by atoms with Crippen molar-refractivity contribution in [3.63, 3.8) is 0 Å². The molecule has 178 valence electrons. The monoisotopic (exact) mass is 566 g/mol. The molecule has 0 aromatic heterocycles. The predicted octanol–water partition coefficient (Wildman–Crippen LogP) is 5.32. The number of ketones is 2. The Kier molecular flexibility index (Phi) is 12.8. The van der Waals surface area contributed by atoms with E-state index in [0.717, 1.165) is 22.3 Å². The summed E-state index contributed by atoms with van der Waals surface area (Å²) in [5.41, 5.74) is 3.25. The Balaban J connectivity index is 0.000000253. The van der Waals surface area contributed by atoms with Gasteiger partial charge in [-0.1, -0.05) is 96.5 Å². The van der Waals surface area contributed by atoms with Crippen LogP contribution < -0.4 is 0 Å². The topological polar surface area (TPSA) is 34.1 Å². The summed E-state index contributed by atoms with van der Waals surface area (Å²) in [4.78, 5) is 22.9. The van der Waals surface area contributed by atoms with Crippen molar-refractivity contribution in [2.75, 3.05) is 0 Å². The maximum absolute atomic E-state index is 11.4. The van der Waals surface area contributed by atoms with E-state index in [1.807, 2.05) is 121 Å². The molecule has 4 aromatic carbocycles. The van der Waals surface area contributed by atoms with Gasteiger partial charge in [0.05, 0.1) is 0 Å². The molecule has 0 spiro atoms. The molecule has 0 radical (unpaired) electrons. The minimum absolute atomic E-state index is 0. The van der Waals surface area contributed by atoms with Crippen molar-refractivity contribution >= 4 is 11.6 Å². The third kappa shape index (κ3) is 11.9. The first-order chi connectivity index (χ1) is 17.7. The van der Waals surface area contributed by atoms with Crippen LogP contribution in [-0.2, 0) is 30.0 Å². The number of carbonyl (C=O) groups is 2. The van der Waals surface area contributed by atoms with Crippen LogP contribution in [0.15, 0.2) is 121 Å². The number of hydrogen-bond acceptors (Lipinski definition) is 2. The Morgan fingerprint density at radius 3 is 0.730 bits per heavy atom. The second-order valence-corrected chi connectivity index (χ2v) is 7.12. The average molecular weight is 567 g/mol. The van der Waals surface area contributed by atoms with Gasteiger partial charge in [-0.3, -0.25) is 9.59 Å². The van der Waals surface area contributed by atoms with Gasteiger partial charge in [0.1, 0.15) is 0 Å². The summed E-state index contributed by atoms with van der Waals surface area (Å²) in [6, 6.07) is 37.5. The van der Waals surface area contributed by atoms with Crippen molar-refractivity contribution in [1.82, 2.24) is 0 Å². The van der Waals surface area contributed by atoms with Crippen LogP contribution in [0.3, 0.4) is 0 Å². The largest absolute Gasteiger partial charge is 0.279 e. The van der Waals surface area contributed by atoms with Gasteiger partial charge >= 0.3 is 0 Å². The first-order valence-corrected chi connectivity index (χ1v) is 11.1. The molecular formula is C34H20O2Pd. The molecule has 0 aliphatic carbocycles. The van der Waals surface area contributed by atoms with Gasteiger partial charge in [0.25, 0.3) is 11.6 Å². The van der Waals surface area contributed by atoms with E-state index in [1.165, 1.54) is 0 Å². The third-order valence-electron chi connectivity index (χ3n) is 4.38. The molecular weight excluding hydrogens is 547 g/mol. The van der Waals surface area contributed by atoms with Gasteiger partial charge in [-0.2, -0.15) is 0 Å². The maximum Gasteiger partial charge on any atom is 0.279 e. The van der Waals surface area contributed by atoms with E-state index in [-0.39, 0.29) is 32.0 Å². The van der Waals surface area contributed by atoms with Crippen LogP contribution in [0.2, 0.25) is 0 Å². The van der Waals surface area contributed by atoms with Crippen LogP contribution in [0.25, 0.3) is 0 Å². The predicted molar refractivity (Wildman–Crippen MR) is 143 cm³/mol. The first-order valence-electron chi connectivity index (χ1n) is 11.1. The van der Waals surface area contributed by atoms with Gasteiger partial charge in [-0.15, -0.1) is 0 Å². The SMILES string of the molecule is O=C(C#Cc1ccccc1)C#Cc1ccccc1.O=C(C#Cc1ccccc1)C#Cc1ccccc1.[Pd]. The Morgan fingerprint density at radius 2 is 0.541 bits per heavy atom. The van der Waals surface area contributed by atoms with Crippen molar-refractivity contribution in [1.29, 1.82) is 0 Å².